The van der Waals surface area contributed by atoms with Gasteiger partial charge in [-0.05, 0) is 20.8 Å². The van der Waals surface area contributed by atoms with Crippen molar-refractivity contribution in [3.8, 4) is 0 Å². The lowest BCUT2D eigenvalue weighted by molar-refractivity contribution is 0.0525. The highest BCUT2D eigenvalue weighted by atomic mass is 35.5. The number of hydrogen-bond acceptors (Lipinski definition) is 4. The summed E-state index contributed by atoms with van der Waals surface area (Å²) in [6.07, 6.45) is 7.01. The first-order valence-electron chi connectivity index (χ1n) is 5.63. The van der Waals surface area contributed by atoms with E-state index in [4.69, 9.17) is 16.3 Å². The summed E-state index contributed by atoms with van der Waals surface area (Å²) in [6, 6.07) is 0. The third kappa shape index (κ3) is 3.40. The molecule has 0 saturated heterocycles. The Bertz CT molecular complexity index is 496. The predicted octanol–water partition coefficient (Wildman–Crippen LogP) is 3.29. The smallest absolute Gasteiger partial charge is 0.342 e. The quantitative estimate of drug-likeness (QED) is 0.477. The molecular weight excluding hydrogens is 252 g/mol. The van der Waals surface area contributed by atoms with Crippen LogP contribution in [0.1, 0.15) is 37.0 Å². The van der Waals surface area contributed by atoms with Crippen molar-refractivity contribution in [2.75, 3.05) is 6.61 Å². The molecule has 0 fully saturated rings. The SMILES string of the molecule is C/C=C\C(=C/C)c1ncc(C(=O)OCC)c(Cl)n1. The van der Waals surface area contributed by atoms with Gasteiger partial charge in [0.05, 0.1) is 6.61 Å². The van der Waals surface area contributed by atoms with Gasteiger partial charge >= 0.3 is 5.97 Å². The monoisotopic (exact) mass is 266 g/mol. The lowest BCUT2D eigenvalue weighted by Gasteiger charge is -2.05. The number of nitrogens with zero attached hydrogens (tertiary/aromatic N) is 2. The normalized spacial score (nSPS) is 11.9. The molecule has 1 rings (SSSR count). The van der Waals surface area contributed by atoms with E-state index in [0.29, 0.717) is 5.82 Å². The lowest BCUT2D eigenvalue weighted by atomic mass is 10.2. The molecule has 0 aliphatic rings. The Hall–Kier alpha value is -1.68. The van der Waals surface area contributed by atoms with Crippen LogP contribution in [0, 0.1) is 0 Å². The molecule has 0 amide bonds. The summed E-state index contributed by atoms with van der Waals surface area (Å²) in [6.45, 7) is 5.80. The van der Waals surface area contributed by atoms with Gasteiger partial charge in [0, 0.05) is 11.8 Å². The maximum atomic E-state index is 11.5. The van der Waals surface area contributed by atoms with E-state index in [0.717, 1.165) is 5.57 Å². The second-order valence-corrected chi connectivity index (χ2v) is 3.72. The van der Waals surface area contributed by atoms with Crippen LogP contribution in [-0.2, 0) is 4.74 Å². The Morgan fingerprint density at radius 3 is 2.72 bits per heavy atom. The second kappa shape index (κ2) is 6.91. The largest absolute Gasteiger partial charge is 0.462 e. The highest BCUT2D eigenvalue weighted by Gasteiger charge is 2.14. The fraction of sp³-hybridized carbons (Fsp3) is 0.308. The molecule has 0 aliphatic heterocycles. The van der Waals surface area contributed by atoms with Crippen LogP contribution >= 0.6 is 11.6 Å². The molecule has 0 N–H and O–H groups in total. The third-order valence-corrected chi connectivity index (χ3v) is 2.44. The molecule has 0 unspecified atom stereocenters. The van der Waals surface area contributed by atoms with Gasteiger partial charge in [-0.2, -0.15) is 0 Å². The Kier molecular flexibility index (Phi) is 5.52. The second-order valence-electron chi connectivity index (χ2n) is 3.36. The maximum Gasteiger partial charge on any atom is 0.342 e. The number of carbonyl (C=O) groups excluding carboxylic acids is 1. The Balaban J connectivity index is 3.09. The van der Waals surface area contributed by atoms with Gasteiger partial charge in [0.15, 0.2) is 5.82 Å². The molecular formula is C13H15ClN2O2. The average Bonchev–Trinajstić information content (AvgIpc) is 2.36. The first kappa shape index (κ1) is 14.4. The minimum absolute atomic E-state index is 0.0994. The standard InChI is InChI=1S/C13H15ClN2O2/c1-4-7-9(5-2)12-15-8-10(11(14)16-12)13(17)18-6-3/h4-5,7-8H,6H2,1-3H3/b7-4-,9-5+. The number of esters is 1. The molecule has 4 nitrogen and oxygen atoms in total. The van der Waals surface area contributed by atoms with E-state index in [-0.39, 0.29) is 17.3 Å². The Morgan fingerprint density at radius 2 is 2.22 bits per heavy atom. The van der Waals surface area contributed by atoms with Crippen LogP contribution in [0.3, 0.4) is 0 Å². The van der Waals surface area contributed by atoms with Crippen LogP contribution in [0.25, 0.3) is 5.57 Å². The highest BCUT2D eigenvalue weighted by Crippen LogP contribution is 2.18. The fourth-order valence-corrected chi connectivity index (χ4v) is 1.53. The number of allylic oxidation sites excluding steroid dienone is 4. The highest BCUT2D eigenvalue weighted by molar-refractivity contribution is 6.32. The lowest BCUT2D eigenvalue weighted by Crippen LogP contribution is -2.08. The minimum Gasteiger partial charge on any atom is -0.462 e. The zero-order valence-corrected chi connectivity index (χ0v) is 11.4. The van der Waals surface area contributed by atoms with Crippen molar-refractivity contribution in [2.45, 2.75) is 20.8 Å². The minimum atomic E-state index is -0.512. The van der Waals surface area contributed by atoms with E-state index in [1.165, 1.54) is 6.20 Å². The molecule has 0 bridgehead atoms. The molecule has 1 aromatic heterocycles. The van der Waals surface area contributed by atoms with Gasteiger partial charge in [-0.25, -0.2) is 14.8 Å². The van der Waals surface area contributed by atoms with E-state index in [2.05, 4.69) is 9.97 Å². The van der Waals surface area contributed by atoms with Gasteiger partial charge in [-0.3, -0.25) is 0 Å². The third-order valence-electron chi connectivity index (χ3n) is 2.15. The predicted molar refractivity (Wildman–Crippen MR) is 71.5 cm³/mol. The Morgan fingerprint density at radius 1 is 1.50 bits per heavy atom. The summed E-state index contributed by atoms with van der Waals surface area (Å²) in [5, 5.41) is 0.0994. The summed E-state index contributed by atoms with van der Waals surface area (Å²) in [7, 11) is 0. The van der Waals surface area contributed by atoms with Crippen LogP contribution in [0.4, 0.5) is 0 Å². The van der Waals surface area contributed by atoms with Crippen molar-refractivity contribution >= 4 is 23.1 Å². The van der Waals surface area contributed by atoms with Crippen LogP contribution in [0.2, 0.25) is 5.15 Å². The summed E-state index contributed by atoms with van der Waals surface area (Å²) in [5.74, 6) is -0.0317. The molecule has 1 aromatic rings. The van der Waals surface area contributed by atoms with E-state index < -0.39 is 5.97 Å². The number of hydrogen-bond donors (Lipinski definition) is 0. The van der Waals surface area contributed by atoms with Gasteiger partial charge in [-0.1, -0.05) is 29.8 Å². The molecule has 5 heteroatoms. The fourth-order valence-electron chi connectivity index (χ4n) is 1.33. The number of halogens is 1. The topological polar surface area (TPSA) is 52.1 Å². The maximum absolute atomic E-state index is 11.5. The van der Waals surface area contributed by atoms with Crippen molar-refractivity contribution in [1.29, 1.82) is 0 Å². The molecule has 0 aliphatic carbocycles. The summed E-state index contributed by atoms with van der Waals surface area (Å²) in [4.78, 5) is 19.7. The molecule has 96 valence electrons. The van der Waals surface area contributed by atoms with Crippen LogP contribution in [-0.4, -0.2) is 22.5 Å². The van der Waals surface area contributed by atoms with Gasteiger partial charge in [0.2, 0.25) is 0 Å². The first-order valence-corrected chi connectivity index (χ1v) is 6.00. The van der Waals surface area contributed by atoms with Crippen molar-refractivity contribution in [1.82, 2.24) is 9.97 Å². The number of carbonyl (C=O) groups is 1. The number of ether oxygens (including phenoxy) is 1. The number of aromatic nitrogens is 2. The van der Waals surface area contributed by atoms with Crippen molar-refractivity contribution < 1.29 is 9.53 Å². The number of rotatable bonds is 4. The van der Waals surface area contributed by atoms with Crippen molar-refractivity contribution in [3.05, 3.63) is 41.0 Å². The molecule has 0 radical (unpaired) electrons. The van der Waals surface area contributed by atoms with Gasteiger partial charge in [0.1, 0.15) is 10.7 Å². The van der Waals surface area contributed by atoms with Crippen LogP contribution in [0.5, 0.6) is 0 Å². The van der Waals surface area contributed by atoms with Crippen LogP contribution < -0.4 is 0 Å². The van der Waals surface area contributed by atoms with Crippen LogP contribution in [0.15, 0.2) is 24.4 Å². The summed E-state index contributed by atoms with van der Waals surface area (Å²) < 4.78 is 4.85. The van der Waals surface area contributed by atoms with Crippen molar-refractivity contribution in [2.24, 2.45) is 0 Å². The molecule has 0 spiro atoms. The van der Waals surface area contributed by atoms with Gasteiger partial charge in [-0.15, -0.1) is 0 Å². The van der Waals surface area contributed by atoms with E-state index in [1.807, 2.05) is 32.1 Å². The first-order chi connectivity index (χ1) is 8.63. The molecule has 0 atom stereocenters. The Labute approximate surface area is 111 Å². The van der Waals surface area contributed by atoms with E-state index in [9.17, 15) is 4.79 Å². The molecule has 1 heterocycles. The van der Waals surface area contributed by atoms with Gasteiger partial charge in [0.25, 0.3) is 0 Å². The molecule has 18 heavy (non-hydrogen) atoms. The molecule has 0 saturated carbocycles. The summed E-state index contributed by atoms with van der Waals surface area (Å²) >= 11 is 5.96. The zero-order chi connectivity index (χ0) is 13.5. The van der Waals surface area contributed by atoms with Crippen molar-refractivity contribution in [3.63, 3.8) is 0 Å². The van der Waals surface area contributed by atoms with E-state index in [1.54, 1.807) is 6.92 Å². The molecule has 0 aromatic carbocycles. The van der Waals surface area contributed by atoms with E-state index >= 15 is 0 Å². The average molecular weight is 267 g/mol. The summed E-state index contributed by atoms with van der Waals surface area (Å²) in [5.41, 5.74) is 1.02. The van der Waals surface area contributed by atoms with Gasteiger partial charge < -0.3 is 4.74 Å². The zero-order valence-electron chi connectivity index (χ0n) is 10.6.